The molecule has 1 heterocycles. The number of hydrogen-bond acceptors (Lipinski definition) is 7. The number of carboxylic acid groups (broad SMARTS) is 1. The fraction of sp³-hybridized carbons (Fsp3) is 0.333. The van der Waals surface area contributed by atoms with Crippen LogP contribution in [-0.4, -0.2) is 38.0 Å². The summed E-state index contributed by atoms with van der Waals surface area (Å²) in [6.07, 6.45) is 4.68. The Hall–Kier alpha value is -3.31. The third-order valence-corrected chi connectivity index (χ3v) is 6.73. The number of nitrogens with zero attached hydrogens (tertiary/aromatic N) is 4. The summed E-state index contributed by atoms with van der Waals surface area (Å²) in [5, 5.41) is 25.7. The second-order valence-corrected chi connectivity index (χ2v) is 9.88. The average molecular weight is 578 g/mol. The first-order valence-electron chi connectivity index (χ1n) is 11.3. The molecule has 0 unspecified atom stereocenters. The van der Waals surface area contributed by atoms with E-state index in [0.717, 1.165) is 38.2 Å². The molecular weight excluding hydrogens is 556 g/mol. The molecule has 0 amide bonds. The Labute approximate surface area is 218 Å². The summed E-state index contributed by atoms with van der Waals surface area (Å²) in [6.45, 7) is 1.25. The third-order valence-electron chi connectivity index (χ3n) is 6.02. The van der Waals surface area contributed by atoms with Crippen molar-refractivity contribution in [3.63, 3.8) is 0 Å². The zero-order valence-corrected chi connectivity index (χ0v) is 21.5. The molecule has 3 aromatic rings. The number of aromatic nitrogens is 2. The normalized spacial score (nSPS) is 15.3. The quantitative estimate of drug-likeness (QED) is 0.222. The van der Waals surface area contributed by atoms with E-state index in [2.05, 4.69) is 21.0 Å². The minimum atomic E-state index is -1.38. The number of ether oxygens (including phenoxy) is 1. The molecule has 12 heteroatoms. The topological polar surface area (TPSA) is 137 Å². The van der Waals surface area contributed by atoms with Gasteiger partial charge in [-0.25, -0.2) is 9.78 Å². The first-order chi connectivity index (χ1) is 17.2. The van der Waals surface area contributed by atoms with Crippen LogP contribution in [-0.2, 0) is 4.79 Å². The van der Waals surface area contributed by atoms with Crippen molar-refractivity contribution in [3.05, 3.63) is 71.7 Å². The third kappa shape index (κ3) is 5.41. The van der Waals surface area contributed by atoms with E-state index in [1.807, 2.05) is 6.07 Å². The van der Waals surface area contributed by atoms with Crippen LogP contribution in [0.2, 0.25) is 5.02 Å². The number of carbonyl (C=O) groups is 1. The minimum Gasteiger partial charge on any atom is -0.479 e. The van der Waals surface area contributed by atoms with Gasteiger partial charge in [0.05, 0.1) is 22.0 Å². The fourth-order valence-electron chi connectivity index (χ4n) is 4.21. The lowest BCUT2D eigenvalue weighted by atomic mass is 9.88. The van der Waals surface area contributed by atoms with E-state index in [1.54, 1.807) is 12.1 Å². The lowest BCUT2D eigenvalue weighted by molar-refractivity contribution is -0.386. The zero-order valence-electron chi connectivity index (χ0n) is 19.2. The number of benzene rings is 2. The molecule has 0 spiro atoms. The molecule has 10 nitrogen and oxygen atoms in total. The molecule has 0 saturated heterocycles. The van der Waals surface area contributed by atoms with Gasteiger partial charge in [-0.2, -0.15) is 9.78 Å². The molecule has 36 heavy (non-hydrogen) atoms. The maximum Gasteiger partial charge on any atom is 0.344 e. The first kappa shape index (κ1) is 25.8. The Bertz CT molecular complexity index is 1430. The van der Waals surface area contributed by atoms with Crippen molar-refractivity contribution in [1.82, 2.24) is 9.66 Å². The van der Waals surface area contributed by atoms with Gasteiger partial charge in [0.25, 0.3) is 5.56 Å². The molecule has 188 valence electrons. The SMILES string of the molecule is C[C@H](Oc1c(C=Nn2c(C3CCCCC3)nc3ccc(Br)cc3c2=O)cc(Cl)cc1[N+](=O)[O-])C(=O)O. The lowest BCUT2D eigenvalue weighted by Crippen LogP contribution is -2.25. The van der Waals surface area contributed by atoms with Crippen LogP contribution in [0.1, 0.15) is 56.3 Å². The lowest BCUT2D eigenvalue weighted by Gasteiger charge is -2.22. The number of hydrogen-bond donors (Lipinski definition) is 1. The van der Waals surface area contributed by atoms with Crippen LogP contribution >= 0.6 is 27.5 Å². The van der Waals surface area contributed by atoms with Crippen molar-refractivity contribution >= 4 is 56.3 Å². The average Bonchev–Trinajstić information content (AvgIpc) is 2.85. The van der Waals surface area contributed by atoms with Crippen LogP contribution in [0.15, 0.2) is 44.7 Å². The molecule has 0 bridgehead atoms. The number of rotatable bonds is 7. The van der Waals surface area contributed by atoms with Gasteiger partial charge >= 0.3 is 11.7 Å². The Balaban J connectivity index is 1.90. The Morgan fingerprint density at radius 1 is 1.33 bits per heavy atom. The number of nitro benzene ring substituents is 1. The predicted octanol–water partition coefficient (Wildman–Crippen LogP) is 5.50. The van der Waals surface area contributed by atoms with Gasteiger partial charge in [-0.15, -0.1) is 0 Å². The standard InChI is InChI=1S/C24H22BrClN4O6/c1-13(24(32)33)36-21-15(9-17(26)11-20(21)30(34)35)12-27-29-22(14-5-3-2-4-6-14)28-19-8-7-16(25)10-18(19)23(29)31/h7-14H,2-6H2,1H3,(H,32,33)/t13-/m0/s1. The molecule has 0 radical (unpaired) electrons. The second-order valence-electron chi connectivity index (χ2n) is 8.53. The van der Waals surface area contributed by atoms with Gasteiger partial charge in [0, 0.05) is 27.0 Å². The molecule has 0 aliphatic heterocycles. The van der Waals surface area contributed by atoms with E-state index in [9.17, 15) is 24.8 Å². The monoisotopic (exact) mass is 576 g/mol. The molecule has 1 atom stereocenters. The Kier molecular flexibility index (Phi) is 7.70. The molecule has 1 aliphatic rings. The van der Waals surface area contributed by atoms with Gasteiger partial charge in [-0.1, -0.05) is 46.8 Å². The van der Waals surface area contributed by atoms with Gasteiger partial charge in [-0.05, 0) is 44.0 Å². The van der Waals surface area contributed by atoms with E-state index >= 15 is 0 Å². The molecule has 1 aliphatic carbocycles. The zero-order chi connectivity index (χ0) is 26.0. The summed E-state index contributed by atoms with van der Waals surface area (Å²) in [7, 11) is 0. The van der Waals surface area contributed by atoms with Crippen LogP contribution in [0.4, 0.5) is 5.69 Å². The van der Waals surface area contributed by atoms with Crippen LogP contribution < -0.4 is 10.3 Å². The number of halogens is 2. The van der Waals surface area contributed by atoms with Crippen molar-refractivity contribution < 1.29 is 19.6 Å². The van der Waals surface area contributed by atoms with Crippen molar-refractivity contribution in [2.75, 3.05) is 0 Å². The van der Waals surface area contributed by atoms with Crippen LogP contribution in [0.5, 0.6) is 5.75 Å². The fourth-order valence-corrected chi connectivity index (χ4v) is 4.79. The molecule has 4 rings (SSSR count). The summed E-state index contributed by atoms with van der Waals surface area (Å²) in [4.78, 5) is 40.5. The van der Waals surface area contributed by atoms with Crippen LogP contribution in [0.3, 0.4) is 0 Å². The summed E-state index contributed by atoms with van der Waals surface area (Å²) in [5.41, 5.74) is -0.306. The number of aliphatic carboxylic acids is 1. The molecule has 1 N–H and O–H groups in total. The van der Waals surface area contributed by atoms with Crippen LogP contribution in [0.25, 0.3) is 10.9 Å². The highest BCUT2D eigenvalue weighted by atomic mass is 79.9. The number of carboxylic acids is 1. The van der Waals surface area contributed by atoms with Gasteiger partial charge in [0.15, 0.2) is 6.10 Å². The van der Waals surface area contributed by atoms with E-state index in [0.29, 0.717) is 21.2 Å². The smallest absolute Gasteiger partial charge is 0.344 e. The molecule has 1 saturated carbocycles. The maximum atomic E-state index is 13.5. The maximum absolute atomic E-state index is 13.5. The highest BCUT2D eigenvalue weighted by Crippen LogP contribution is 2.35. The highest BCUT2D eigenvalue weighted by Gasteiger charge is 2.26. The molecular formula is C24H22BrClN4O6. The number of nitro groups is 1. The number of fused-ring (bicyclic) bond motifs is 1. The largest absolute Gasteiger partial charge is 0.479 e. The summed E-state index contributed by atoms with van der Waals surface area (Å²) < 4.78 is 7.32. The summed E-state index contributed by atoms with van der Waals surface area (Å²) >= 11 is 9.48. The van der Waals surface area contributed by atoms with Crippen LogP contribution in [0, 0.1) is 10.1 Å². The first-order valence-corrected chi connectivity index (χ1v) is 12.5. The summed E-state index contributed by atoms with van der Waals surface area (Å²) in [6, 6.07) is 7.66. The molecule has 1 fully saturated rings. The Morgan fingerprint density at radius 2 is 2.06 bits per heavy atom. The second kappa shape index (κ2) is 10.8. The van der Waals surface area contributed by atoms with Crippen molar-refractivity contribution in [3.8, 4) is 5.75 Å². The van der Waals surface area contributed by atoms with E-state index in [-0.39, 0.29) is 22.3 Å². The van der Waals surface area contributed by atoms with Crippen molar-refractivity contribution in [1.29, 1.82) is 0 Å². The highest BCUT2D eigenvalue weighted by molar-refractivity contribution is 9.10. The summed E-state index contributed by atoms with van der Waals surface area (Å²) in [5.74, 6) is -1.09. The molecule has 1 aromatic heterocycles. The van der Waals surface area contributed by atoms with Gasteiger partial charge in [-0.3, -0.25) is 14.9 Å². The van der Waals surface area contributed by atoms with E-state index < -0.39 is 28.2 Å². The molecule has 2 aromatic carbocycles. The van der Waals surface area contributed by atoms with E-state index in [1.165, 1.54) is 23.9 Å². The Morgan fingerprint density at radius 3 is 2.72 bits per heavy atom. The van der Waals surface area contributed by atoms with Gasteiger partial charge in [0.2, 0.25) is 5.75 Å². The predicted molar refractivity (Wildman–Crippen MR) is 138 cm³/mol. The van der Waals surface area contributed by atoms with Gasteiger partial charge in [0.1, 0.15) is 5.82 Å². The minimum absolute atomic E-state index is 0.0214. The van der Waals surface area contributed by atoms with Crippen molar-refractivity contribution in [2.45, 2.75) is 51.0 Å². The van der Waals surface area contributed by atoms with Gasteiger partial charge < -0.3 is 9.84 Å². The van der Waals surface area contributed by atoms with E-state index in [4.69, 9.17) is 21.3 Å². The van der Waals surface area contributed by atoms with Crippen molar-refractivity contribution in [2.24, 2.45) is 5.10 Å².